The molecule has 0 aliphatic carbocycles. The highest BCUT2D eigenvalue weighted by Crippen LogP contribution is 2.23. The summed E-state index contributed by atoms with van der Waals surface area (Å²) in [7, 11) is 0. The van der Waals surface area contributed by atoms with E-state index in [0.29, 0.717) is 47.6 Å². The molecule has 8 nitrogen and oxygen atoms in total. The number of carbonyl (C=O) groups is 4. The van der Waals surface area contributed by atoms with Gasteiger partial charge in [-0.25, -0.2) is 0 Å². The first-order valence-electron chi connectivity index (χ1n) is 10.8. The first kappa shape index (κ1) is 22.9. The normalized spacial score (nSPS) is 17.2. The van der Waals surface area contributed by atoms with Gasteiger partial charge in [-0.15, -0.1) is 0 Å². The van der Waals surface area contributed by atoms with Crippen LogP contribution < -0.4 is 5.32 Å². The number of imide groups is 1. The second-order valence-electron chi connectivity index (χ2n) is 8.24. The van der Waals surface area contributed by atoms with E-state index in [9.17, 15) is 24.3 Å². The van der Waals surface area contributed by atoms with Crippen molar-refractivity contribution in [1.82, 2.24) is 15.1 Å². The average Bonchev–Trinajstić information content (AvgIpc) is 3.07. The molecule has 4 rings (SSSR count). The molecule has 0 radical (unpaired) electrons. The monoisotopic (exact) mass is 469 g/mol. The number of aliphatic hydroxyl groups is 1. The van der Waals surface area contributed by atoms with E-state index in [4.69, 9.17) is 11.6 Å². The summed E-state index contributed by atoms with van der Waals surface area (Å²) < 4.78 is 0. The molecule has 4 amide bonds. The molecule has 0 bridgehead atoms. The van der Waals surface area contributed by atoms with Crippen molar-refractivity contribution in [2.75, 3.05) is 26.2 Å². The van der Waals surface area contributed by atoms with Crippen LogP contribution in [0.25, 0.3) is 0 Å². The van der Waals surface area contributed by atoms with E-state index in [1.165, 1.54) is 0 Å². The van der Waals surface area contributed by atoms with Gasteiger partial charge in [-0.2, -0.15) is 0 Å². The maximum Gasteiger partial charge on any atom is 0.261 e. The fraction of sp³-hybridized carbons (Fsp3) is 0.333. The fourth-order valence-corrected chi connectivity index (χ4v) is 4.29. The molecule has 1 atom stereocenters. The summed E-state index contributed by atoms with van der Waals surface area (Å²) in [5.41, 5.74) is 1.19. The molecule has 0 unspecified atom stereocenters. The van der Waals surface area contributed by atoms with E-state index >= 15 is 0 Å². The summed E-state index contributed by atoms with van der Waals surface area (Å²) >= 11 is 5.87. The standard InChI is InChI=1S/C24H24ClN3O5/c25-17-7-5-16(6-8-17)22(31)27-11-9-15(10-12-27)21(30)26-13-18(29)14-28-23(32)19-3-1-2-4-20(19)24(28)33/h1-8,15,18,29H,9-14H2,(H,26,30)/t18-/m0/s1. The molecule has 172 valence electrons. The number of aliphatic hydroxyl groups excluding tert-OH is 1. The smallest absolute Gasteiger partial charge is 0.261 e. The Kier molecular flexibility index (Phi) is 6.76. The van der Waals surface area contributed by atoms with Crippen LogP contribution in [-0.4, -0.2) is 70.8 Å². The zero-order chi connectivity index (χ0) is 23.5. The van der Waals surface area contributed by atoms with E-state index < -0.39 is 17.9 Å². The Morgan fingerprint density at radius 3 is 2.15 bits per heavy atom. The van der Waals surface area contributed by atoms with Crippen molar-refractivity contribution < 1.29 is 24.3 Å². The van der Waals surface area contributed by atoms with Gasteiger partial charge in [-0.3, -0.25) is 24.1 Å². The number of halogens is 1. The van der Waals surface area contributed by atoms with Crippen molar-refractivity contribution in [2.45, 2.75) is 18.9 Å². The molecule has 1 saturated heterocycles. The first-order chi connectivity index (χ1) is 15.8. The maximum atomic E-state index is 12.6. The zero-order valence-corrected chi connectivity index (χ0v) is 18.6. The van der Waals surface area contributed by atoms with Gasteiger partial charge >= 0.3 is 0 Å². The summed E-state index contributed by atoms with van der Waals surface area (Å²) in [4.78, 5) is 52.7. The lowest BCUT2D eigenvalue weighted by Gasteiger charge is -2.31. The number of piperidine rings is 1. The molecule has 2 heterocycles. The van der Waals surface area contributed by atoms with E-state index in [0.717, 1.165) is 4.90 Å². The van der Waals surface area contributed by atoms with Crippen molar-refractivity contribution >= 4 is 35.2 Å². The molecule has 2 aliphatic heterocycles. The van der Waals surface area contributed by atoms with Crippen molar-refractivity contribution in [3.05, 3.63) is 70.2 Å². The highest BCUT2D eigenvalue weighted by molar-refractivity contribution is 6.30. The molecule has 2 aromatic rings. The highest BCUT2D eigenvalue weighted by Gasteiger charge is 2.36. The van der Waals surface area contributed by atoms with Crippen LogP contribution in [0.15, 0.2) is 48.5 Å². The number of β-amino-alcohol motifs (C(OH)–C–C–N with tert-alkyl or cyclic N) is 1. The van der Waals surface area contributed by atoms with Crippen LogP contribution in [0.3, 0.4) is 0 Å². The summed E-state index contributed by atoms with van der Waals surface area (Å²) in [5.74, 6) is -1.47. The van der Waals surface area contributed by atoms with Crippen LogP contribution in [0.2, 0.25) is 5.02 Å². The van der Waals surface area contributed by atoms with Gasteiger partial charge < -0.3 is 15.3 Å². The summed E-state index contributed by atoms with van der Waals surface area (Å²) in [6.07, 6.45) is -0.0537. The third-order valence-corrected chi connectivity index (χ3v) is 6.28. The minimum Gasteiger partial charge on any atom is -0.389 e. The van der Waals surface area contributed by atoms with Crippen LogP contribution >= 0.6 is 11.6 Å². The van der Waals surface area contributed by atoms with Gasteiger partial charge in [-0.1, -0.05) is 23.7 Å². The molecule has 2 aliphatic rings. The van der Waals surface area contributed by atoms with Crippen molar-refractivity contribution in [1.29, 1.82) is 0 Å². The Labute approximate surface area is 196 Å². The number of fused-ring (bicyclic) bond motifs is 1. The molecule has 0 spiro atoms. The van der Waals surface area contributed by atoms with E-state index in [1.54, 1.807) is 53.4 Å². The molecular formula is C24H24ClN3O5. The number of amides is 4. The molecule has 1 fully saturated rings. The third kappa shape index (κ3) is 4.91. The lowest BCUT2D eigenvalue weighted by Crippen LogP contribution is -2.46. The number of nitrogens with one attached hydrogen (secondary N) is 1. The Bertz CT molecular complexity index is 1040. The maximum absolute atomic E-state index is 12.6. The lowest BCUT2D eigenvalue weighted by molar-refractivity contribution is -0.126. The van der Waals surface area contributed by atoms with Gasteiger partial charge in [0.05, 0.1) is 23.8 Å². The Hall–Kier alpha value is -3.23. The van der Waals surface area contributed by atoms with Gasteiger partial charge in [0.1, 0.15) is 0 Å². The number of benzene rings is 2. The van der Waals surface area contributed by atoms with Crippen LogP contribution in [0.4, 0.5) is 0 Å². The highest BCUT2D eigenvalue weighted by atomic mass is 35.5. The number of likely N-dealkylation sites (tertiary alicyclic amines) is 1. The summed E-state index contributed by atoms with van der Waals surface area (Å²) in [5, 5.41) is 13.6. The van der Waals surface area contributed by atoms with Crippen LogP contribution in [0, 0.1) is 5.92 Å². The van der Waals surface area contributed by atoms with Gasteiger partial charge in [-0.05, 0) is 49.2 Å². The fourth-order valence-electron chi connectivity index (χ4n) is 4.16. The van der Waals surface area contributed by atoms with Crippen LogP contribution in [0.1, 0.15) is 43.9 Å². The quantitative estimate of drug-likeness (QED) is 0.629. The van der Waals surface area contributed by atoms with E-state index in [1.807, 2.05) is 0 Å². The van der Waals surface area contributed by atoms with E-state index in [-0.39, 0.29) is 30.8 Å². The van der Waals surface area contributed by atoms with Crippen LogP contribution in [-0.2, 0) is 4.79 Å². The second-order valence-corrected chi connectivity index (χ2v) is 8.68. The average molecular weight is 470 g/mol. The largest absolute Gasteiger partial charge is 0.389 e. The van der Waals surface area contributed by atoms with Gasteiger partial charge in [0.25, 0.3) is 17.7 Å². The molecule has 2 aromatic carbocycles. The molecule has 9 heteroatoms. The predicted octanol–water partition coefficient (Wildman–Crippen LogP) is 1.97. The number of rotatable bonds is 6. The van der Waals surface area contributed by atoms with Crippen molar-refractivity contribution in [3.8, 4) is 0 Å². The van der Waals surface area contributed by atoms with Gasteiger partial charge in [0.15, 0.2) is 0 Å². The molecule has 2 N–H and O–H groups in total. The van der Waals surface area contributed by atoms with Crippen molar-refractivity contribution in [3.63, 3.8) is 0 Å². The SMILES string of the molecule is O=C(NC[C@H](O)CN1C(=O)c2ccccc2C1=O)C1CCN(C(=O)c2ccc(Cl)cc2)CC1. The third-order valence-electron chi connectivity index (χ3n) is 6.03. The number of hydrogen-bond donors (Lipinski definition) is 2. The summed E-state index contributed by atoms with van der Waals surface area (Å²) in [6.45, 7) is 0.644. The molecular weight excluding hydrogens is 446 g/mol. The van der Waals surface area contributed by atoms with E-state index in [2.05, 4.69) is 5.32 Å². The van der Waals surface area contributed by atoms with Gasteiger partial charge in [0.2, 0.25) is 5.91 Å². The Morgan fingerprint density at radius 2 is 1.58 bits per heavy atom. The number of hydrogen-bond acceptors (Lipinski definition) is 5. The lowest BCUT2D eigenvalue weighted by atomic mass is 9.95. The molecule has 0 saturated carbocycles. The topological polar surface area (TPSA) is 107 Å². The minimum absolute atomic E-state index is 0.0733. The minimum atomic E-state index is -1.08. The Balaban J connectivity index is 1.23. The first-order valence-corrected chi connectivity index (χ1v) is 11.2. The summed E-state index contributed by atoms with van der Waals surface area (Å²) in [6, 6.07) is 13.2. The van der Waals surface area contributed by atoms with Crippen molar-refractivity contribution in [2.24, 2.45) is 5.92 Å². The second kappa shape index (κ2) is 9.72. The number of carbonyl (C=O) groups excluding carboxylic acids is 4. The number of nitrogens with zero attached hydrogens (tertiary/aromatic N) is 2. The van der Waals surface area contributed by atoms with Crippen LogP contribution in [0.5, 0.6) is 0 Å². The molecule has 33 heavy (non-hydrogen) atoms. The zero-order valence-electron chi connectivity index (χ0n) is 17.9. The van der Waals surface area contributed by atoms with Gasteiger partial charge in [0, 0.05) is 36.1 Å². The Morgan fingerprint density at radius 1 is 1.00 bits per heavy atom. The molecule has 0 aromatic heterocycles. The predicted molar refractivity (Wildman–Crippen MR) is 121 cm³/mol.